The maximum absolute atomic E-state index is 11.9. The van der Waals surface area contributed by atoms with E-state index in [0.29, 0.717) is 6.42 Å². The second-order valence-corrected chi connectivity index (χ2v) is 5.50. The summed E-state index contributed by atoms with van der Waals surface area (Å²) in [4.78, 5) is 31.6. The number of azide groups is 1. The Morgan fingerprint density at radius 3 is 2.58 bits per heavy atom. The molecule has 2 atom stereocenters. The van der Waals surface area contributed by atoms with E-state index in [-0.39, 0.29) is 12.6 Å². The van der Waals surface area contributed by atoms with Crippen molar-refractivity contribution < 1.29 is 19.2 Å². The molecule has 1 aliphatic rings. The minimum Gasteiger partial charge on any atom is -0.444 e. The summed E-state index contributed by atoms with van der Waals surface area (Å²) in [5.74, 6) is -1.12. The fourth-order valence-corrected chi connectivity index (χ4v) is 1.91. The summed E-state index contributed by atoms with van der Waals surface area (Å²) in [7, 11) is 0. The molecule has 1 saturated heterocycles. The van der Waals surface area contributed by atoms with Crippen molar-refractivity contribution in [2.45, 2.75) is 45.8 Å². The number of ether oxygens (including phenoxy) is 1. The molecular formula is C11H18N4O4. The van der Waals surface area contributed by atoms with Gasteiger partial charge in [0.05, 0.1) is 5.92 Å². The fraction of sp³-hybridized carbons (Fsp3) is 0.818. The molecule has 8 heteroatoms. The van der Waals surface area contributed by atoms with E-state index in [2.05, 4.69) is 15.0 Å². The number of hydrogen-bond acceptors (Lipinski definition) is 5. The number of carbonyl (C=O) groups excluding carboxylic acids is 2. The average molecular weight is 270 g/mol. The lowest BCUT2D eigenvalue weighted by molar-refractivity contribution is -0.148. The van der Waals surface area contributed by atoms with E-state index >= 15 is 0 Å². The van der Waals surface area contributed by atoms with Crippen molar-refractivity contribution >= 4 is 12.1 Å². The number of likely N-dealkylation sites (tertiary alicyclic amines) is 1. The molecule has 19 heavy (non-hydrogen) atoms. The zero-order valence-electron chi connectivity index (χ0n) is 11.5. The Hall–Kier alpha value is -1.95. The van der Waals surface area contributed by atoms with Crippen LogP contribution in [0.25, 0.3) is 10.4 Å². The Bertz CT molecular complexity index is 411. The lowest BCUT2D eigenvalue weighted by atomic mass is 10.1. The van der Waals surface area contributed by atoms with E-state index in [4.69, 9.17) is 10.3 Å². The van der Waals surface area contributed by atoms with E-state index < -0.39 is 23.6 Å². The topological polar surface area (TPSA) is 105 Å². The molecule has 1 fully saturated rings. The van der Waals surface area contributed by atoms with Crippen LogP contribution in [0.4, 0.5) is 4.79 Å². The molecule has 0 N–H and O–H groups in total. The molecule has 1 amide bonds. The molecule has 0 aliphatic carbocycles. The lowest BCUT2D eigenvalue weighted by Crippen LogP contribution is -2.39. The van der Waals surface area contributed by atoms with Gasteiger partial charge >= 0.3 is 12.1 Å². The average Bonchev–Trinajstić information content (AvgIpc) is 2.66. The van der Waals surface area contributed by atoms with E-state index in [1.54, 1.807) is 20.8 Å². The smallest absolute Gasteiger partial charge is 0.410 e. The predicted octanol–water partition coefficient (Wildman–Crippen LogP) is 2.40. The van der Waals surface area contributed by atoms with Gasteiger partial charge in [-0.25, -0.2) is 4.79 Å². The molecule has 0 spiro atoms. The van der Waals surface area contributed by atoms with Crippen molar-refractivity contribution in [1.82, 2.24) is 4.90 Å². The van der Waals surface area contributed by atoms with E-state index in [1.807, 2.05) is 6.92 Å². The summed E-state index contributed by atoms with van der Waals surface area (Å²) >= 11 is 0. The van der Waals surface area contributed by atoms with Crippen molar-refractivity contribution in [2.24, 2.45) is 11.2 Å². The molecule has 0 aromatic heterocycles. The van der Waals surface area contributed by atoms with Gasteiger partial charge in [-0.2, -0.15) is 0 Å². The van der Waals surface area contributed by atoms with Crippen molar-refractivity contribution in [2.75, 3.05) is 6.54 Å². The van der Waals surface area contributed by atoms with Crippen LogP contribution in [0.3, 0.4) is 0 Å². The van der Waals surface area contributed by atoms with Gasteiger partial charge in [0.2, 0.25) is 0 Å². The molecule has 0 aromatic rings. The molecule has 0 saturated carbocycles. The molecule has 1 rings (SSSR count). The zero-order valence-corrected chi connectivity index (χ0v) is 11.5. The Labute approximate surface area is 111 Å². The molecule has 0 bridgehead atoms. The van der Waals surface area contributed by atoms with Crippen molar-refractivity contribution in [3.05, 3.63) is 10.4 Å². The number of rotatable bonds is 2. The highest BCUT2D eigenvalue weighted by atomic mass is 16.7. The summed E-state index contributed by atoms with van der Waals surface area (Å²) in [6, 6.07) is -0.126. The van der Waals surface area contributed by atoms with Crippen LogP contribution >= 0.6 is 0 Å². The quantitative estimate of drug-likeness (QED) is 0.332. The van der Waals surface area contributed by atoms with Crippen LogP contribution in [-0.2, 0) is 14.4 Å². The van der Waals surface area contributed by atoms with Gasteiger partial charge in [0.25, 0.3) is 0 Å². The van der Waals surface area contributed by atoms with Gasteiger partial charge in [-0.15, -0.1) is 0 Å². The summed E-state index contributed by atoms with van der Waals surface area (Å²) in [5, 5.41) is 2.77. The number of hydrogen-bond donors (Lipinski definition) is 0. The van der Waals surface area contributed by atoms with E-state index in [1.165, 1.54) is 4.90 Å². The van der Waals surface area contributed by atoms with Crippen LogP contribution in [0, 0.1) is 5.92 Å². The van der Waals surface area contributed by atoms with Gasteiger partial charge in [0.1, 0.15) is 10.9 Å². The third-order valence-corrected chi connectivity index (χ3v) is 2.70. The van der Waals surface area contributed by atoms with E-state index in [0.717, 1.165) is 0 Å². The first-order valence-corrected chi connectivity index (χ1v) is 5.99. The van der Waals surface area contributed by atoms with Crippen LogP contribution in [0.15, 0.2) is 5.28 Å². The molecule has 1 aliphatic heterocycles. The number of amides is 1. The van der Waals surface area contributed by atoms with Crippen molar-refractivity contribution in [1.29, 1.82) is 0 Å². The van der Waals surface area contributed by atoms with Crippen molar-refractivity contribution in [3.63, 3.8) is 0 Å². The van der Waals surface area contributed by atoms with Crippen LogP contribution < -0.4 is 0 Å². The Morgan fingerprint density at radius 2 is 2.05 bits per heavy atom. The fourth-order valence-electron chi connectivity index (χ4n) is 1.91. The van der Waals surface area contributed by atoms with Gasteiger partial charge < -0.3 is 14.5 Å². The largest absolute Gasteiger partial charge is 0.444 e. The number of carbonyl (C=O) groups is 2. The second kappa shape index (κ2) is 5.79. The highest BCUT2D eigenvalue weighted by Gasteiger charge is 2.39. The molecule has 106 valence electrons. The summed E-state index contributed by atoms with van der Waals surface area (Å²) in [5.41, 5.74) is 7.49. The van der Waals surface area contributed by atoms with Crippen LogP contribution in [0.5, 0.6) is 0 Å². The summed E-state index contributed by atoms with van der Waals surface area (Å²) in [6.07, 6.45) is -0.00182. The summed E-state index contributed by atoms with van der Waals surface area (Å²) in [6.45, 7) is 7.36. The first-order chi connectivity index (χ1) is 8.74. The van der Waals surface area contributed by atoms with Gasteiger partial charge in [0.15, 0.2) is 0 Å². The van der Waals surface area contributed by atoms with Crippen molar-refractivity contribution in [3.8, 4) is 0 Å². The first-order valence-electron chi connectivity index (χ1n) is 5.99. The zero-order chi connectivity index (χ0) is 14.6. The predicted molar refractivity (Wildman–Crippen MR) is 65.7 cm³/mol. The van der Waals surface area contributed by atoms with Gasteiger partial charge in [-0.1, -0.05) is 0 Å². The minimum atomic E-state index is -0.629. The third kappa shape index (κ3) is 4.33. The van der Waals surface area contributed by atoms with Gasteiger partial charge in [0, 0.05) is 17.5 Å². The maximum Gasteiger partial charge on any atom is 0.410 e. The van der Waals surface area contributed by atoms with Crippen LogP contribution in [0.2, 0.25) is 0 Å². The SMILES string of the molecule is C[C@H]1C[C@H](C(=O)ON=[N+]=[N-])CN1C(=O)OC(C)(C)C. The molecule has 0 unspecified atom stereocenters. The normalized spacial score (nSPS) is 22.6. The van der Waals surface area contributed by atoms with Gasteiger partial charge in [-0.05, 0) is 39.6 Å². The standard InChI is InChI=1S/C11H18N4O4/c1-7-5-8(9(16)19-14-13-12)6-15(7)10(17)18-11(2,3)4/h7-8H,5-6H2,1-4H3/t7-,8-/m0/s1. The first kappa shape index (κ1) is 15.1. The summed E-state index contributed by atoms with van der Waals surface area (Å²) < 4.78 is 5.25. The van der Waals surface area contributed by atoms with Gasteiger partial charge in [-0.3, -0.25) is 4.79 Å². The Balaban J connectivity index is 2.62. The molecule has 0 aromatic carbocycles. The molecule has 1 heterocycles. The lowest BCUT2D eigenvalue weighted by Gasteiger charge is -2.26. The highest BCUT2D eigenvalue weighted by Crippen LogP contribution is 2.26. The Kier molecular flexibility index (Phi) is 4.61. The maximum atomic E-state index is 11.9. The van der Waals surface area contributed by atoms with Crippen LogP contribution in [0.1, 0.15) is 34.1 Å². The monoisotopic (exact) mass is 270 g/mol. The molecule has 8 nitrogen and oxygen atoms in total. The number of nitrogens with zero attached hydrogens (tertiary/aromatic N) is 4. The van der Waals surface area contributed by atoms with E-state index in [9.17, 15) is 9.59 Å². The second-order valence-electron chi connectivity index (χ2n) is 5.50. The molecule has 0 radical (unpaired) electrons. The molecular weight excluding hydrogens is 252 g/mol. The third-order valence-electron chi connectivity index (χ3n) is 2.70. The van der Waals surface area contributed by atoms with Crippen LogP contribution in [-0.4, -0.2) is 35.2 Å². The highest BCUT2D eigenvalue weighted by molar-refractivity contribution is 5.76. The minimum absolute atomic E-state index is 0.126. The Morgan fingerprint density at radius 1 is 1.42 bits per heavy atom.